The van der Waals surface area contributed by atoms with Gasteiger partial charge in [-0.05, 0) is 11.4 Å². The molecule has 46 valence electrons. The molecule has 1 aromatic rings. The average molecular weight is 138 g/mol. The number of rotatable bonds is 2. The van der Waals surface area contributed by atoms with Crippen molar-refractivity contribution < 1.29 is 0 Å². The summed E-state index contributed by atoms with van der Waals surface area (Å²) in [4.78, 5) is 7.92. The Labute approximate surface area is 59.0 Å². The molecule has 0 aliphatic rings. The standard InChI is InChI=1S/C6H6N2S/c9-5-2-6-7-3-1-4-8-6/h1,3-5H,2H2. The van der Waals surface area contributed by atoms with Crippen LogP contribution in [0, 0.1) is 0 Å². The van der Waals surface area contributed by atoms with Gasteiger partial charge in [-0.25, -0.2) is 9.97 Å². The second-order valence-corrected chi connectivity index (χ2v) is 1.87. The lowest BCUT2D eigenvalue weighted by Gasteiger charge is -1.88. The van der Waals surface area contributed by atoms with Gasteiger partial charge in [0.25, 0.3) is 0 Å². The van der Waals surface area contributed by atoms with Crippen LogP contribution in [0.4, 0.5) is 0 Å². The van der Waals surface area contributed by atoms with E-state index < -0.39 is 0 Å². The molecule has 9 heavy (non-hydrogen) atoms. The van der Waals surface area contributed by atoms with E-state index in [0.717, 1.165) is 5.82 Å². The normalized spacial score (nSPS) is 8.89. The quantitative estimate of drug-likeness (QED) is 0.570. The highest BCUT2D eigenvalue weighted by Gasteiger charge is 1.86. The maximum atomic E-state index is 4.63. The molecular weight excluding hydrogens is 132 g/mol. The monoisotopic (exact) mass is 138 g/mol. The summed E-state index contributed by atoms with van der Waals surface area (Å²) >= 11 is 4.63. The second kappa shape index (κ2) is 3.25. The van der Waals surface area contributed by atoms with Gasteiger partial charge < -0.3 is 0 Å². The summed E-state index contributed by atoms with van der Waals surface area (Å²) in [6.07, 6.45) is 4.10. The van der Waals surface area contributed by atoms with E-state index in [-0.39, 0.29) is 0 Å². The van der Waals surface area contributed by atoms with Crippen molar-refractivity contribution in [1.82, 2.24) is 9.97 Å². The van der Waals surface area contributed by atoms with Crippen molar-refractivity contribution >= 4 is 17.6 Å². The maximum absolute atomic E-state index is 4.63. The predicted octanol–water partition coefficient (Wildman–Crippen LogP) is 1.02. The van der Waals surface area contributed by atoms with Gasteiger partial charge >= 0.3 is 0 Å². The van der Waals surface area contributed by atoms with E-state index in [2.05, 4.69) is 22.2 Å². The van der Waals surface area contributed by atoms with E-state index in [1.807, 2.05) is 0 Å². The minimum Gasteiger partial charge on any atom is -0.241 e. The van der Waals surface area contributed by atoms with E-state index in [4.69, 9.17) is 0 Å². The van der Waals surface area contributed by atoms with Crippen LogP contribution in [0.5, 0.6) is 0 Å². The van der Waals surface area contributed by atoms with Gasteiger partial charge in [0.1, 0.15) is 5.82 Å². The maximum Gasteiger partial charge on any atom is 0.132 e. The average Bonchev–Trinajstić information content (AvgIpc) is 1.91. The molecule has 0 aliphatic carbocycles. The van der Waals surface area contributed by atoms with Gasteiger partial charge in [-0.1, -0.05) is 12.2 Å². The molecule has 0 atom stereocenters. The molecule has 1 aromatic heterocycles. The molecule has 0 aliphatic heterocycles. The molecule has 0 unspecified atom stereocenters. The zero-order valence-electron chi connectivity index (χ0n) is 4.82. The van der Waals surface area contributed by atoms with Crippen LogP contribution < -0.4 is 0 Å². The molecule has 0 spiro atoms. The van der Waals surface area contributed by atoms with E-state index in [0.29, 0.717) is 6.42 Å². The van der Waals surface area contributed by atoms with Crippen molar-refractivity contribution in [3.63, 3.8) is 0 Å². The molecule has 0 N–H and O–H groups in total. The van der Waals surface area contributed by atoms with Gasteiger partial charge in [0.2, 0.25) is 0 Å². The van der Waals surface area contributed by atoms with Crippen molar-refractivity contribution in [2.24, 2.45) is 0 Å². The van der Waals surface area contributed by atoms with E-state index in [1.165, 1.54) is 0 Å². The summed E-state index contributed by atoms with van der Waals surface area (Å²) in [5.74, 6) is 0.785. The Kier molecular flexibility index (Phi) is 2.27. The molecule has 2 nitrogen and oxygen atoms in total. The molecule has 3 heteroatoms. The summed E-state index contributed by atoms with van der Waals surface area (Å²) in [7, 11) is 0. The second-order valence-electron chi connectivity index (χ2n) is 1.54. The minimum atomic E-state index is 0.677. The number of hydrogen-bond acceptors (Lipinski definition) is 3. The van der Waals surface area contributed by atoms with E-state index in [9.17, 15) is 0 Å². The molecule has 0 radical (unpaired) electrons. The zero-order valence-corrected chi connectivity index (χ0v) is 5.64. The fourth-order valence-electron chi connectivity index (χ4n) is 0.510. The fourth-order valence-corrected chi connectivity index (χ4v) is 0.659. The first kappa shape index (κ1) is 6.29. The van der Waals surface area contributed by atoms with Crippen molar-refractivity contribution in [3.05, 3.63) is 24.3 Å². The van der Waals surface area contributed by atoms with Gasteiger partial charge in [-0.2, -0.15) is 0 Å². The highest BCUT2D eigenvalue weighted by Crippen LogP contribution is 1.85. The first-order valence-electron chi connectivity index (χ1n) is 2.63. The van der Waals surface area contributed by atoms with Crippen molar-refractivity contribution in [2.45, 2.75) is 6.42 Å². The lowest BCUT2D eigenvalue weighted by Crippen LogP contribution is -1.91. The Morgan fingerprint density at radius 1 is 1.44 bits per heavy atom. The fraction of sp³-hybridized carbons (Fsp3) is 0.167. The number of aromatic nitrogens is 2. The molecule has 0 fully saturated rings. The molecule has 1 heterocycles. The van der Waals surface area contributed by atoms with Crippen LogP contribution >= 0.6 is 12.2 Å². The third kappa shape index (κ3) is 1.85. The summed E-state index contributed by atoms with van der Waals surface area (Å²) in [5, 5.41) is 1.62. The summed E-state index contributed by atoms with van der Waals surface area (Å²) in [6, 6.07) is 1.78. The van der Waals surface area contributed by atoms with Crippen molar-refractivity contribution in [1.29, 1.82) is 0 Å². The Morgan fingerprint density at radius 2 is 2.11 bits per heavy atom. The lowest BCUT2D eigenvalue weighted by atomic mass is 10.4. The molecular formula is C6H6N2S. The third-order valence-electron chi connectivity index (χ3n) is 0.885. The molecule has 0 saturated heterocycles. The summed E-state index contributed by atoms with van der Waals surface area (Å²) < 4.78 is 0. The SMILES string of the molecule is S=CCc1ncccn1. The highest BCUT2D eigenvalue weighted by atomic mass is 32.1. The summed E-state index contributed by atoms with van der Waals surface area (Å²) in [5.41, 5.74) is 0. The molecule has 0 aromatic carbocycles. The zero-order chi connectivity index (χ0) is 6.53. The Hall–Kier alpha value is -0.830. The van der Waals surface area contributed by atoms with E-state index in [1.54, 1.807) is 23.8 Å². The Bertz CT molecular complexity index is 186. The van der Waals surface area contributed by atoms with Crippen molar-refractivity contribution in [2.75, 3.05) is 0 Å². The van der Waals surface area contributed by atoms with Crippen molar-refractivity contribution in [3.8, 4) is 0 Å². The van der Waals surface area contributed by atoms with Gasteiger partial charge in [0.15, 0.2) is 0 Å². The minimum absolute atomic E-state index is 0.677. The molecule has 1 rings (SSSR count). The topological polar surface area (TPSA) is 25.8 Å². The Balaban J connectivity index is 2.72. The third-order valence-corrected chi connectivity index (χ3v) is 1.05. The van der Waals surface area contributed by atoms with Crippen LogP contribution in [0.15, 0.2) is 18.5 Å². The van der Waals surface area contributed by atoms with Crippen LogP contribution in [0.2, 0.25) is 0 Å². The molecule has 0 saturated carbocycles. The van der Waals surface area contributed by atoms with Crippen LogP contribution in [0.3, 0.4) is 0 Å². The largest absolute Gasteiger partial charge is 0.241 e. The number of hydrogen-bond donors (Lipinski definition) is 0. The molecule has 0 bridgehead atoms. The lowest BCUT2D eigenvalue weighted by molar-refractivity contribution is 1.02. The highest BCUT2D eigenvalue weighted by molar-refractivity contribution is 7.78. The Morgan fingerprint density at radius 3 is 2.67 bits per heavy atom. The first-order chi connectivity index (χ1) is 4.43. The predicted molar refractivity (Wildman–Crippen MR) is 39.4 cm³/mol. The molecule has 0 amide bonds. The van der Waals surface area contributed by atoms with Gasteiger partial charge in [-0.3, -0.25) is 0 Å². The van der Waals surface area contributed by atoms with Gasteiger partial charge in [0.05, 0.1) is 0 Å². The van der Waals surface area contributed by atoms with Gasteiger partial charge in [0, 0.05) is 18.8 Å². The number of nitrogens with zero attached hydrogens (tertiary/aromatic N) is 2. The van der Waals surface area contributed by atoms with Crippen LogP contribution in [0.1, 0.15) is 5.82 Å². The number of thiocarbonyl (C=S) groups is 1. The summed E-state index contributed by atoms with van der Waals surface area (Å²) in [6.45, 7) is 0. The van der Waals surface area contributed by atoms with Gasteiger partial charge in [-0.15, -0.1) is 0 Å². The van der Waals surface area contributed by atoms with Crippen LogP contribution in [-0.4, -0.2) is 15.3 Å². The van der Waals surface area contributed by atoms with Crippen LogP contribution in [0.25, 0.3) is 0 Å². The van der Waals surface area contributed by atoms with E-state index >= 15 is 0 Å². The smallest absolute Gasteiger partial charge is 0.132 e. The first-order valence-corrected chi connectivity index (χ1v) is 3.10. The van der Waals surface area contributed by atoms with Crippen LogP contribution in [-0.2, 0) is 6.42 Å².